The number of ether oxygens (including phenoxy) is 1. The first-order chi connectivity index (χ1) is 8.73. The second-order valence-corrected chi connectivity index (χ2v) is 5.76. The lowest BCUT2D eigenvalue weighted by Crippen LogP contribution is -2.40. The van der Waals surface area contributed by atoms with Crippen molar-refractivity contribution < 1.29 is 9.53 Å². The van der Waals surface area contributed by atoms with E-state index in [1.165, 1.54) is 43.1 Å². The number of hydrogen-bond acceptors (Lipinski definition) is 2. The van der Waals surface area contributed by atoms with Gasteiger partial charge in [0.05, 0.1) is 12.5 Å². The normalized spacial score (nSPS) is 20.1. The highest BCUT2D eigenvalue weighted by molar-refractivity contribution is 5.78. The second kappa shape index (κ2) is 4.42. The zero-order valence-corrected chi connectivity index (χ0v) is 11.0. The van der Waals surface area contributed by atoms with Gasteiger partial charge in [0.15, 0.2) is 0 Å². The van der Waals surface area contributed by atoms with Crippen LogP contribution >= 0.6 is 0 Å². The molecule has 2 aliphatic carbocycles. The van der Waals surface area contributed by atoms with Crippen molar-refractivity contribution in [1.82, 2.24) is 0 Å². The van der Waals surface area contributed by atoms with Crippen molar-refractivity contribution in [3.63, 3.8) is 0 Å². The number of fused-ring (bicyclic) bond motifs is 1. The number of hydrogen-bond donors (Lipinski definition) is 0. The van der Waals surface area contributed by atoms with Gasteiger partial charge in [0.2, 0.25) is 0 Å². The lowest BCUT2D eigenvalue weighted by Gasteiger charge is -2.39. The van der Waals surface area contributed by atoms with Gasteiger partial charge in [0.25, 0.3) is 0 Å². The molecule has 0 N–H and O–H groups in total. The Balaban J connectivity index is 1.81. The predicted molar refractivity (Wildman–Crippen MR) is 70.5 cm³/mol. The van der Waals surface area contributed by atoms with Crippen molar-refractivity contribution in [2.24, 2.45) is 5.41 Å². The van der Waals surface area contributed by atoms with Crippen LogP contribution in [0.4, 0.5) is 0 Å². The van der Waals surface area contributed by atoms with E-state index >= 15 is 0 Å². The number of esters is 1. The Hall–Kier alpha value is -1.31. The SMILES string of the molecule is COC(=O)C1(Cc2ccc3c(c2)CCC3)CCC1. The van der Waals surface area contributed by atoms with E-state index in [2.05, 4.69) is 18.2 Å². The van der Waals surface area contributed by atoms with Crippen molar-refractivity contribution in [2.75, 3.05) is 7.11 Å². The van der Waals surface area contributed by atoms with E-state index < -0.39 is 0 Å². The summed E-state index contributed by atoms with van der Waals surface area (Å²) in [6.07, 6.45) is 7.67. The van der Waals surface area contributed by atoms with E-state index in [-0.39, 0.29) is 11.4 Å². The van der Waals surface area contributed by atoms with Gasteiger partial charge in [-0.3, -0.25) is 4.79 Å². The van der Waals surface area contributed by atoms with Crippen molar-refractivity contribution >= 4 is 5.97 Å². The minimum atomic E-state index is -0.221. The molecule has 0 atom stereocenters. The molecule has 1 saturated carbocycles. The van der Waals surface area contributed by atoms with Gasteiger partial charge >= 0.3 is 5.97 Å². The zero-order chi connectivity index (χ0) is 12.6. The fourth-order valence-electron chi connectivity index (χ4n) is 3.40. The van der Waals surface area contributed by atoms with Gasteiger partial charge in [-0.25, -0.2) is 0 Å². The Labute approximate surface area is 108 Å². The molecular weight excluding hydrogens is 224 g/mol. The van der Waals surface area contributed by atoms with Crippen LogP contribution in [0.2, 0.25) is 0 Å². The smallest absolute Gasteiger partial charge is 0.312 e. The van der Waals surface area contributed by atoms with Crippen LogP contribution in [-0.4, -0.2) is 13.1 Å². The van der Waals surface area contributed by atoms with E-state index in [1.54, 1.807) is 0 Å². The molecule has 0 saturated heterocycles. The lowest BCUT2D eigenvalue weighted by atomic mass is 9.65. The minimum Gasteiger partial charge on any atom is -0.469 e. The van der Waals surface area contributed by atoms with Crippen molar-refractivity contribution in [1.29, 1.82) is 0 Å². The largest absolute Gasteiger partial charge is 0.469 e. The standard InChI is InChI=1S/C16H20O2/c1-18-15(17)16(8-3-9-16)11-12-6-7-13-4-2-5-14(13)10-12/h6-7,10H,2-5,8-9,11H2,1H3. The average molecular weight is 244 g/mol. The summed E-state index contributed by atoms with van der Waals surface area (Å²) in [7, 11) is 1.51. The first-order valence-corrected chi connectivity index (χ1v) is 6.93. The van der Waals surface area contributed by atoms with Crippen LogP contribution in [0.3, 0.4) is 0 Å². The molecule has 0 bridgehead atoms. The third-order valence-electron chi connectivity index (χ3n) is 4.63. The molecule has 2 heteroatoms. The van der Waals surface area contributed by atoms with Gasteiger partial charge in [0, 0.05) is 0 Å². The molecule has 96 valence electrons. The molecule has 18 heavy (non-hydrogen) atoms. The Morgan fingerprint density at radius 1 is 1.22 bits per heavy atom. The Bertz CT molecular complexity index is 472. The first kappa shape index (κ1) is 11.8. The quantitative estimate of drug-likeness (QED) is 0.764. The van der Waals surface area contributed by atoms with E-state index in [9.17, 15) is 4.79 Å². The van der Waals surface area contributed by atoms with E-state index in [1.807, 2.05) is 0 Å². The maximum atomic E-state index is 11.9. The second-order valence-electron chi connectivity index (χ2n) is 5.76. The Morgan fingerprint density at radius 3 is 2.67 bits per heavy atom. The number of benzene rings is 1. The highest BCUT2D eigenvalue weighted by atomic mass is 16.5. The monoisotopic (exact) mass is 244 g/mol. The molecule has 3 rings (SSSR count). The topological polar surface area (TPSA) is 26.3 Å². The zero-order valence-electron chi connectivity index (χ0n) is 11.0. The molecule has 1 fully saturated rings. The predicted octanol–water partition coefficient (Wildman–Crippen LogP) is 3.06. The molecule has 1 aromatic carbocycles. The van der Waals surface area contributed by atoms with Gasteiger partial charge in [0.1, 0.15) is 0 Å². The van der Waals surface area contributed by atoms with E-state index in [4.69, 9.17) is 4.74 Å². The van der Waals surface area contributed by atoms with Gasteiger partial charge in [-0.15, -0.1) is 0 Å². The molecule has 0 heterocycles. The van der Waals surface area contributed by atoms with Crippen LogP contribution in [0.25, 0.3) is 0 Å². The van der Waals surface area contributed by atoms with Gasteiger partial charge in [-0.2, -0.15) is 0 Å². The lowest BCUT2D eigenvalue weighted by molar-refractivity contribution is -0.158. The van der Waals surface area contributed by atoms with E-state index in [0.717, 1.165) is 25.7 Å². The summed E-state index contributed by atoms with van der Waals surface area (Å²) < 4.78 is 4.98. The number of rotatable bonds is 3. The molecule has 0 unspecified atom stereocenters. The number of carbonyl (C=O) groups is 1. The molecule has 2 nitrogen and oxygen atoms in total. The fourth-order valence-corrected chi connectivity index (χ4v) is 3.40. The summed E-state index contributed by atoms with van der Waals surface area (Å²) in [6, 6.07) is 6.76. The van der Waals surface area contributed by atoms with Gasteiger partial charge in [-0.1, -0.05) is 24.6 Å². The van der Waals surface area contributed by atoms with Gasteiger partial charge < -0.3 is 4.74 Å². The summed E-state index contributed by atoms with van der Waals surface area (Å²) in [5.41, 5.74) is 4.08. The number of methoxy groups -OCH3 is 1. The summed E-state index contributed by atoms with van der Waals surface area (Å²) >= 11 is 0. The maximum Gasteiger partial charge on any atom is 0.312 e. The van der Waals surface area contributed by atoms with Crippen LogP contribution < -0.4 is 0 Å². The fraction of sp³-hybridized carbons (Fsp3) is 0.562. The Kier molecular flexibility index (Phi) is 2.89. The first-order valence-electron chi connectivity index (χ1n) is 6.93. The third kappa shape index (κ3) is 1.84. The molecule has 0 aliphatic heterocycles. The summed E-state index contributed by atoms with van der Waals surface area (Å²) in [5, 5.41) is 0. The molecule has 0 radical (unpaired) electrons. The highest BCUT2D eigenvalue weighted by Gasteiger charge is 2.45. The van der Waals surface area contributed by atoms with Crippen molar-refractivity contribution in [3.05, 3.63) is 34.9 Å². The molecule has 1 aromatic rings. The van der Waals surface area contributed by atoms with Crippen LogP contribution in [0.5, 0.6) is 0 Å². The number of carbonyl (C=O) groups excluding carboxylic acids is 1. The van der Waals surface area contributed by atoms with E-state index in [0.29, 0.717) is 0 Å². The molecular formula is C16H20O2. The van der Waals surface area contributed by atoms with Crippen LogP contribution in [0.1, 0.15) is 42.4 Å². The van der Waals surface area contributed by atoms with Crippen molar-refractivity contribution in [3.8, 4) is 0 Å². The molecule has 0 spiro atoms. The summed E-state index contributed by atoms with van der Waals surface area (Å²) in [5.74, 6) is -0.0192. The number of aryl methyl sites for hydroxylation is 2. The van der Waals surface area contributed by atoms with Gasteiger partial charge in [-0.05, 0) is 55.2 Å². The van der Waals surface area contributed by atoms with Crippen molar-refractivity contribution in [2.45, 2.75) is 44.9 Å². The minimum absolute atomic E-state index is 0.0192. The third-order valence-corrected chi connectivity index (χ3v) is 4.63. The maximum absolute atomic E-state index is 11.9. The molecule has 0 amide bonds. The van der Waals surface area contributed by atoms with Crippen LogP contribution in [0.15, 0.2) is 18.2 Å². The van der Waals surface area contributed by atoms with Crippen LogP contribution in [0, 0.1) is 5.41 Å². The van der Waals surface area contributed by atoms with Crippen LogP contribution in [-0.2, 0) is 28.8 Å². The molecule has 0 aromatic heterocycles. The summed E-state index contributed by atoms with van der Waals surface area (Å²) in [4.78, 5) is 11.9. The average Bonchev–Trinajstić information content (AvgIpc) is 2.80. The summed E-state index contributed by atoms with van der Waals surface area (Å²) in [6.45, 7) is 0. The molecule has 2 aliphatic rings. The highest BCUT2D eigenvalue weighted by Crippen LogP contribution is 2.45. The Morgan fingerprint density at radius 2 is 2.00 bits per heavy atom.